The van der Waals surface area contributed by atoms with Gasteiger partial charge in [-0.3, -0.25) is 4.72 Å². The predicted octanol–water partition coefficient (Wildman–Crippen LogP) is 4.41. The van der Waals surface area contributed by atoms with E-state index in [-0.39, 0.29) is 15.9 Å². The van der Waals surface area contributed by atoms with Crippen LogP contribution >= 0.6 is 11.3 Å². The Bertz CT molecular complexity index is 1170. The number of nitrogens with zero attached hydrogens (tertiary/aromatic N) is 2. The van der Waals surface area contributed by atoms with E-state index in [4.69, 9.17) is 4.52 Å². The zero-order valence-corrected chi connectivity index (χ0v) is 15.3. The smallest absolute Gasteiger partial charge is 0.271 e. The molecule has 9 heteroatoms. The molecule has 4 rings (SSSR count). The lowest BCUT2D eigenvalue weighted by Gasteiger charge is -2.06. The normalized spacial score (nSPS) is 11.4. The van der Waals surface area contributed by atoms with Gasteiger partial charge in [0, 0.05) is 16.8 Å². The maximum Gasteiger partial charge on any atom is 0.271 e. The molecule has 0 aliphatic heterocycles. The fraction of sp³-hybridized carbons (Fsp3) is 0. The maximum absolute atomic E-state index is 13.0. The van der Waals surface area contributed by atoms with Crippen LogP contribution in [-0.4, -0.2) is 18.6 Å². The standard InChI is InChI=1S/C18H12FN3O3S2/c19-14-8-6-12(7-9-14)18-20-17(21-25-18)13-3-1-4-15(11-13)22-27(23,24)16-5-2-10-26-16/h1-11,22H. The van der Waals surface area contributed by atoms with E-state index in [1.165, 1.54) is 30.3 Å². The number of aromatic nitrogens is 2. The summed E-state index contributed by atoms with van der Waals surface area (Å²) in [5.41, 5.74) is 1.55. The van der Waals surface area contributed by atoms with Gasteiger partial charge in [0.15, 0.2) is 0 Å². The van der Waals surface area contributed by atoms with Gasteiger partial charge in [-0.05, 0) is 47.8 Å². The largest absolute Gasteiger partial charge is 0.334 e. The topological polar surface area (TPSA) is 85.1 Å². The second-order valence-electron chi connectivity index (χ2n) is 5.55. The molecule has 6 nitrogen and oxygen atoms in total. The lowest BCUT2D eigenvalue weighted by molar-refractivity contribution is 0.432. The Balaban J connectivity index is 1.61. The number of hydrogen-bond donors (Lipinski definition) is 1. The second kappa shape index (κ2) is 6.93. The van der Waals surface area contributed by atoms with Gasteiger partial charge >= 0.3 is 0 Å². The highest BCUT2D eigenvalue weighted by Gasteiger charge is 2.16. The third-order valence-corrected chi connectivity index (χ3v) is 6.43. The predicted molar refractivity (Wildman–Crippen MR) is 100 cm³/mol. The molecular formula is C18H12FN3O3S2. The molecule has 0 spiro atoms. The van der Waals surface area contributed by atoms with Crippen molar-refractivity contribution in [3.8, 4) is 22.8 Å². The van der Waals surface area contributed by atoms with E-state index in [9.17, 15) is 12.8 Å². The van der Waals surface area contributed by atoms with Gasteiger partial charge in [-0.15, -0.1) is 11.3 Å². The van der Waals surface area contributed by atoms with E-state index in [0.29, 0.717) is 22.6 Å². The van der Waals surface area contributed by atoms with Crippen molar-refractivity contribution in [1.82, 2.24) is 10.1 Å². The van der Waals surface area contributed by atoms with Crippen molar-refractivity contribution in [2.75, 3.05) is 4.72 Å². The van der Waals surface area contributed by atoms with Crippen LogP contribution in [0.15, 0.2) is 74.8 Å². The quantitative estimate of drug-likeness (QED) is 0.536. The third kappa shape index (κ3) is 3.74. The Hall–Kier alpha value is -3.04. The highest BCUT2D eigenvalue weighted by atomic mass is 32.2. The van der Waals surface area contributed by atoms with E-state index >= 15 is 0 Å². The van der Waals surface area contributed by atoms with Crippen molar-refractivity contribution in [2.24, 2.45) is 0 Å². The van der Waals surface area contributed by atoms with Crippen LogP contribution in [0.25, 0.3) is 22.8 Å². The van der Waals surface area contributed by atoms with Gasteiger partial charge in [-0.1, -0.05) is 23.4 Å². The highest BCUT2D eigenvalue weighted by Crippen LogP contribution is 2.26. The minimum Gasteiger partial charge on any atom is -0.334 e. The summed E-state index contributed by atoms with van der Waals surface area (Å²) < 4.78 is 45.7. The Morgan fingerprint density at radius 3 is 2.56 bits per heavy atom. The number of sulfonamides is 1. The van der Waals surface area contributed by atoms with Gasteiger partial charge in [-0.25, -0.2) is 12.8 Å². The molecule has 2 heterocycles. The lowest BCUT2D eigenvalue weighted by Crippen LogP contribution is -2.11. The number of nitrogens with one attached hydrogen (secondary N) is 1. The summed E-state index contributed by atoms with van der Waals surface area (Å²) in [6, 6.07) is 15.6. The van der Waals surface area contributed by atoms with E-state index in [1.807, 2.05) is 0 Å². The van der Waals surface area contributed by atoms with Gasteiger partial charge in [0.1, 0.15) is 10.0 Å². The minimum atomic E-state index is -3.64. The van der Waals surface area contributed by atoms with Crippen molar-refractivity contribution >= 4 is 27.0 Å². The SMILES string of the molecule is O=S(=O)(Nc1cccc(-c2noc(-c3ccc(F)cc3)n2)c1)c1cccs1. The van der Waals surface area contributed by atoms with Crippen molar-refractivity contribution in [3.05, 3.63) is 71.9 Å². The second-order valence-corrected chi connectivity index (χ2v) is 8.41. The van der Waals surface area contributed by atoms with Crippen LogP contribution in [0.1, 0.15) is 0 Å². The Morgan fingerprint density at radius 2 is 1.81 bits per heavy atom. The summed E-state index contributed by atoms with van der Waals surface area (Å²) >= 11 is 1.13. The molecule has 0 aliphatic carbocycles. The molecular weight excluding hydrogens is 389 g/mol. The van der Waals surface area contributed by atoms with Crippen molar-refractivity contribution in [3.63, 3.8) is 0 Å². The van der Waals surface area contributed by atoms with Crippen molar-refractivity contribution < 1.29 is 17.3 Å². The molecule has 0 radical (unpaired) electrons. The molecule has 0 fully saturated rings. The maximum atomic E-state index is 13.0. The lowest BCUT2D eigenvalue weighted by atomic mass is 10.2. The molecule has 0 unspecified atom stereocenters. The minimum absolute atomic E-state index is 0.228. The third-order valence-electron chi connectivity index (χ3n) is 3.65. The fourth-order valence-electron chi connectivity index (χ4n) is 2.39. The summed E-state index contributed by atoms with van der Waals surface area (Å²) in [6.45, 7) is 0. The van der Waals surface area contributed by atoms with Gasteiger partial charge < -0.3 is 4.52 Å². The van der Waals surface area contributed by atoms with Crippen LogP contribution < -0.4 is 4.72 Å². The van der Waals surface area contributed by atoms with Crippen LogP contribution in [0.3, 0.4) is 0 Å². The molecule has 0 amide bonds. The monoisotopic (exact) mass is 401 g/mol. The number of anilines is 1. The van der Waals surface area contributed by atoms with Crippen LogP contribution in [0.5, 0.6) is 0 Å². The first-order chi connectivity index (χ1) is 13.0. The molecule has 2 aromatic carbocycles. The number of benzene rings is 2. The number of thiophene rings is 1. The first kappa shape index (κ1) is 17.4. The Labute approximate surface area is 158 Å². The molecule has 27 heavy (non-hydrogen) atoms. The van der Waals surface area contributed by atoms with E-state index in [2.05, 4.69) is 14.9 Å². The summed E-state index contributed by atoms with van der Waals surface area (Å²) in [5, 5.41) is 5.61. The highest BCUT2D eigenvalue weighted by molar-refractivity contribution is 7.94. The molecule has 4 aromatic rings. The summed E-state index contributed by atoms with van der Waals surface area (Å²) in [6.07, 6.45) is 0. The summed E-state index contributed by atoms with van der Waals surface area (Å²) in [5.74, 6) is 0.185. The zero-order chi connectivity index (χ0) is 18.9. The van der Waals surface area contributed by atoms with E-state index in [0.717, 1.165) is 11.3 Å². The van der Waals surface area contributed by atoms with Gasteiger partial charge in [0.05, 0.1) is 0 Å². The zero-order valence-electron chi connectivity index (χ0n) is 13.7. The molecule has 2 aromatic heterocycles. The molecule has 0 saturated heterocycles. The van der Waals surface area contributed by atoms with E-state index in [1.54, 1.807) is 35.7 Å². The molecule has 0 bridgehead atoms. The number of rotatable bonds is 5. The molecule has 136 valence electrons. The molecule has 0 aliphatic rings. The van der Waals surface area contributed by atoms with E-state index < -0.39 is 10.0 Å². The van der Waals surface area contributed by atoms with Gasteiger partial charge in [-0.2, -0.15) is 4.98 Å². The summed E-state index contributed by atoms with van der Waals surface area (Å²) in [4.78, 5) is 4.29. The summed E-state index contributed by atoms with van der Waals surface area (Å²) in [7, 11) is -3.64. The fourth-order valence-corrected chi connectivity index (χ4v) is 4.44. The van der Waals surface area contributed by atoms with Crippen LogP contribution in [0.2, 0.25) is 0 Å². The number of halogens is 1. The molecule has 0 saturated carbocycles. The van der Waals surface area contributed by atoms with Gasteiger partial charge in [0.2, 0.25) is 5.82 Å². The van der Waals surface area contributed by atoms with Gasteiger partial charge in [0.25, 0.3) is 15.9 Å². The first-order valence-corrected chi connectivity index (χ1v) is 10.1. The first-order valence-electron chi connectivity index (χ1n) is 7.78. The average Bonchev–Trinajstić information content (AvgIpc) is 3.35. The molecule has 1 N–H and O–H groups in total. The van der Waals surface area contributed by atoms with Crippen molar-refractivity contribution in [2.45, 2.75) is 4.21 Å². The Morgan fingerprint density at radius 1 is 1.00 bits per heavy atom. The van der Waals surface area contributed by atoms with Crippen LogP contribution in [0, 0.1) is 5.82 Å². The van der Waals surface area contributed by atoms with Crippen LogP contribution in [0.4, 0.5) is 10.1 Å². The average molecular weight is 401 g/mol. The van der Waals surface area contributed by atoms with Crippen molar-refractivity contribution in [1.29, 1.82) is 0 Å². The van der Waals surface area contributed by atoms with Crippen LogP contribution in [-0.2, 0) is 10.0 Å². The molecule has 0 atom stereocenters. The number of hydrogen-bond acceptors (Lipinski definition) is 6. The Kier molecular flexibility index (Phi) is 4.46.